The van der Waals surface area contributed by atoms with Crippen molar-refractivity contribution in [3.63, 3.8) is 0 Å². The summed E-state index contributed by atoms with van der Waals surface area (Å²) in [6.45, 7) is 6.10. The van der Waals surface area contributed by atoms with E-state index in [4.69, 9.17) is 9.47 Å². The van der Waals surface area contributed by atoms with Gasteiger partial charge in [-0.3, -0.25) is 9.10 Å². The van der Waals surface area contributed by atoms with Crippen molar-refractivity contribution in [2.24, 2.45) is 0 Å². The fourth-order valence-corrected chi connectivity index (χ4v) is 4.87. The number of nitrogens with zero attached hydrogens (tertiary/aromatic N) is 1. The van der Waals surface area contributed by atoms with Crippen LogP contribution in [0.2, 0.25) is 0 Å². The fourth-order valence-electron chi connectivity index (χ4n) is 3.44. The topological polar surface area (TPSA) is 84.9 Å². The lowest BCUT2D eigenvalue weighted by Crippen LogP contribution is -2.41. The molecule has 1 N–H and O–H groups in total. The zero-order valence-corrected chi connectivity index (χ0v) is 20.7. The quantitative estimate of drug-likeness (QED) is 0.413. The average molecular weight is 501 g/mol. The Hall–Kier alpha value is -3.59. The molecule has 0 saturated carbocycles. The van der Waals surface area contributed by atoms with E-state index in [1.54, 1.807) is 24.3 Å². The fraction of sp³-hybridized carbons (Fsp3) is 0.269. The van der Waals surface area contributed by atoms with Crippen molar-refractivity contribution in [3.8, 4) is 11.5 Å². The molecule has 0 heterocycles. The molecule has 0 radical (unpaired) electrons. The van der Waals surface area contributed by atoms with E-state index in [-0.39, 0.29) is 16.6 Å². The van der Waals surface area contributed by atoms with Crippen molar-refractivity contribution < 1.29 is 27.1 Å². The molecule has 0 fully saturated rings. The average Bonchev–Trinajstić information content (AvgIpc) is 2.84. The van der Waals surface area contributed by atoms with Crippen LogP contribution in [0.5, 0.6) is 11.5 Å². The number of carbonyl (C=O) groups is 1. The first kappa shape index (κ1) is 26.0. The molecule has 7 nitrogen and oxygen atoms in total. The lowest BCUT2D eigenvalue weighted by molar-refractivity contribution is -0.120. The number of hydrogen-bond donors (Lipinski definition) is 1. The number of carbonyl (C=O) groups excluding carboxylic acids is 1. The number of hydrogen-bond acceptors (Lipinski definition) is 5. The van der Waals surface area contributed by atoms with E-state index in [0.717, 1.165) is 27.8 Å². The first-order chi connectivity index (χ1) is 16.7. The maximum Gasteiger partial charge on any atom is 0.264 e. The number of benzene rings is 3. The summed E-state index contributed by atoms with van der Waals surface area (Å²) < 4.78 is 52.1. The minimum atomic E-state index is -4.15. The van der Waals surface area contributed by atoms with E-state index < -0.39 is 28.3 Å². The molecule has 3 aromatic rings. The van der Waals surface area contributed by atoms with Crippen LogP contribution in [0.4, 0.5) is 10.1 Å². The molecule has 0 unspecified atom stereocenters. The normalized spacial score (nSPS) is 12.0. The molecule has 0 bridgehead atoms. The van der Waals surface area contributed by atoms with E-state index in [9.17, 15) is 17.6 Å². The Bertz CT molecular complexity index is 1210. The van der Waals surface area contributed by atoms with Crippen LogP contribution in [0.1, 0.15) is 32.4 Å². The summed E-state index contributed by atoms with van der Waals surface area (Å²) >= 11 is 0. The Kier molecular flexibility index (Phi) is 8.70. The molecular formula is C26H29FN2O5S. The Morgan fingerprint density at radius 1 is 0.886 bits per heavy atom. The molecule has 0 saturated heterocycles. The number of anilines is 1. The van der Waals surface area contributed by atoms with Crippen LogP contribution < -0.4 is 19.1 Å². The molecule has 35 heavy (non-hydrogen) atoms. The van der Waals surface area contributed by atoms with Gasteiger partial charge in [0.25, 0.3) is 10.0 Å². The Balaban J connectivity index is 1.84. The Labute approximate surface area is 205 Å². The molecule has 1 atom stereocenters. The van der Waals surface area contributed by atoms with Gasteiger partial charge in [-0.25, -0.2) is 12.8 Å². The maximum atomic E-state index is 13.4. The molecule has 0 spiro atoms. The van der Waals surface area contributed by atoms with Gasteiger partial charge in [0.2, 0.25) is 5.91 Å². The van der Waals surface area contributed by atoms with Gasteiger partial charge in [0, 0.05) is 0 Å². The van der Waals surface area contributed by atoms with Crippen molar-refractivity contribution >= 4 is 21.6 Å². The van der Waals surface area contributed by atoms with Gasteiger partial charge in [0.1, 0.15) is 23.9 Å². The van der Waals surface area contributed by atoms with Gasteiger partial charge < -0.3 is 14.8 Å². The van der Waals surface area contributed by atoms with Crippen molar-refractivity contribution in [2.45, 2.75) is 31.7 Å². The number of nitrogens with one attached hydrogen (secondary N) is 1. The van der Waals surface area contributed by atoms with Crippen molar-refractivity contribution in [1.82, 2.24) is 5.32 Å². The molecule has 3 aromatic carbocycles. The number of sulfonamides is 1. The van der Waals surface area contributed by atoms with Gasteiger partial charge in [-0.15, -0.1) is 0 Å². The van der Waals surface area contributed by atoms with Gasteiger partial charge in [0.15, 0.2) is 0 Å². The molecule has 0 aliphatic heterocycles. The first-order valence-electron chi connectivity index (χ1n) is 11.3. The largest absolute Gasteiger partial charge is 0.494 e. The summed E-state index contributed by atoms with van der Waals surface area (Å²) in [6, 6.07) is 17.8. The molecule has 9 heteroatoms. The van der Waals surface area contributed by atoms with Crippen molar-refractivity contribution in [1.29, 1.82) is 0 Å². The van der Waals surface area contributed by atoms with E-state index in [1.807, 2.05) is 45.0 Å². The number of halogens is 1. The molecule has 0 aliphatic rings. The van der Waals surface area contributed by atoms with E-state index in [2.05, 4.69) is 5.32 Å². The number of ether oxygens (including phenoxy) is 2. The van der Waals surface area contributed by atoms with E-state index in [0.29, 0.717) is 19.0 Å². The second-order valence-corrected chi connectivity index (χ2v) is 9.55. The van der Waals surface area contributed by atoms with E-state index in [1.165, 1.54) is 12.1 Å². The Morgan fingerprint density at radius 2 is 1.40 bits per heavy atom. The zero-order chi connectivity index (χ0) is 25.4. The molecule has 0 aromatic heterocycles. The van der Waals surface area contributed by atoms with Gasteiger partial charge in [-0.05, 0) is 87.0 Å². The summed E-state index contributed by atoms with van der Waals surface area (Å²) in [5.74, 6) is 0.246. The van der Waals surface area contributed by atoms with Crippen LogP contribution in [0.25, 0.3) is 0 Å². The third kappa shape index (κ3) is 6.73. The molecule has 0 aliphatic carbocycles. The summed E-state index contributed by atoms with van der Waals surface area (Å²) in [4.78, 5) is 12.8. The monoisotopic (exact) mass is 500 g/mol. The van der Waals surface area contributed by atoms with Crippen LogP contribution >= 0.6 is 0 Å². The molecule has 1 amide bonds. The summed E-state index contributed by atoms with van der Waals surface area (Å²) in [6.07, 6.45) is 0. The molecule has 186 valence electrons. The minimum absolute atomic E-state index is 0.125. The van der Waals surface area contributed by atoms with E-state index >= 15 is 0 Å². The van der Waals surface area contributed by atoms with Crippen LogP contribution in [0.15, 0.2) is 77.7 Å². The van der Waals surface area contributed by atoms with Crippen molar-refractivity contribution in [3.05, 3.63) is 84.2 Å². The predicted molar refractivity (Wildman–Crippen MR) is 133 cm³/mol. The highest BCUT2D eigenvalue weighted by molar-refractivity contribution is 7.92. The molecular weight excluding hydrogens is 471 g/mol. The minimum Gasteiger partial charge on any atom is -0.494 e. The summed E-state index contributed by atoms with van der Waals surface area (Å²) in [7, 11) is -4.15. The predicted octanol–water partition coefficient (Wildman–Crippen LogP) is 4.70. The number of amides is 1. The SMILES string of the molecule is CCOc1ccc([C@@H](C)NC(=O)CN(c2ccc(OCC)cc2)S(=O)(=O)c2ccc(F)cc2)cc1. The highest BCUT2D eigenvalue weighted by atomic mass is 32.2. The van der Waals surface area contributed by atoms with Crippen LogP contribution in [0.3, 0.4) is 0 Å². The molecule has 3 rings (SSSR count). The first-order valence-corrected chi connectivity index (χ1v) is 12.7. The van der Waals surface area contributed by atoms with Gasteiger partial charge in [0.05, 0.1) is 29.8 Å². The van der Waals surface area contributed by atoms with Crippen LogP contribution in [-0.4, -0.2) is 34.1 Å². The van der Waals surface area contributed by atoms with Gasteiger partial charge >= 0.3 is 0 Å². The lowest BCUT2D eigenvalue weighted by Gasteiger charge is -2.25. The highest BCUT2D eigenvalue weighted by Gasteiger charge is 2.28. The summed E-state index contributed by atoms with van der Waals surface area (Å²) in [5.41, 5.74) is 1.12. The smallest absolute Gasteiger partial charge is 0.264 e. The number of rotatable bonds is 11. The lowest BCUT2D eigenvalue weighted by atomic mass is 10.1. The second-order valence-electron chi connectivity index (χ2n) is 7.68. The standard InChI is InChI=1S/C26H29FN2O5S/c1-4-33-23-12-6-20(7-13-23)19(3)28-26(30)18-29(22-10-14-24(15-11-22)34-5-2)35(31,32)25-16-8-21(27)9-17-25/h6-17,19H,4-5,18H2,1-3H3,(H,28,30)/t19-/m1/s1. The summed E-state index contributed by atoms with van der Waals surface area (Å²) in [5, 5.41) is 2.84. The van der Waals surface area contributed by atoms with Gasteiger partial charge in [-0.2, -0.15) is 0 Å². The third-order valence-corrected chi connectivity index (χ3v) is 6.98. The maximum absolute atomic E-state index is 13.4. The zero-order valence-electron chi connectivity index (χ0n) is 19.9. The highest BCUT2D eigenvalue weighted by Crippen LogP contribution is 2.26. The second kappa shape index (κ2) is 11.7. The Morgan fingerprint density at radius 3 is 1.91 bits per heavy atom. The van der Waals surface area contributed by atoms with Crippen LogP contribution in [0, 0.1) is 5.82 Å². The third-order valence-electron chi connectivity index (χ3n) is 5.19. The van der Waals surface area contributed by atoms with Crippen LogP contribution in [-0.2, 0) is 14.8 Å². The van der Waals surface area contributed by atoms with Gasteiger partial charge in [-0.1, -0.05) is 12.1 Å². The van der Waals surface area contributed by atoms with Crippen molar-refractivity contribution in [2.75, 3.05) is 24.1 Å².